The maximum atomic E-state index is 12.4. The molecule has 0 heterocycles. The highest BCUT2D eigenvalue weighted by Gasteiger charge is 2.15. The van der Waals surface area contributed by atoms with E-state index in [1.54, 1.807) is 12.1 Å². The molecule has 0 aliphatic carbocycles. The molecule has 0 atom stereocenters. The Hall–Kier alpha value is -2.82. The quantitative estimate of drug-likeness (QED) is 0.843. The van der Waals surface area contributed by atoms with Gasteiger partial charge >= 0.3 is 5.97 Å². The fourth-order valence-corrected chi connectivity index (χ4v) is 1.90. The van der Waals surface area contributed by atoms with E-state index in [1.165, 1.54) is 30.3 Å². The molecule has 0 spiro atoms. The number of carbonyl (C=O) groups is 2. The van der Waals surface area contributed by atoms with Crippen LogP contribution in [0.25, 0.3) is 0 Å². The van der Waals surface area contributed by atoms with Crippen LogP contribution < -0.4 is 4.90 Å². The van der Waals surface area contributed by atoms with Crippen LogP contribution in [-0.4, -0.2) is 36.1 Å². The van der Waals surface area contributed by atoms with Crippen molar-refractivity contribution in [3.63, 3.8) is 0 Å². The third-order valence-corrected chi connectivity index (χ3v) is 3.14. The highest BCUT2D eigenvalue weighted by atomic mass is 16.4. The SMILES string of the molecule is CN(C)c1ccc(O)c(C(=O)c2ccc(C(=O)O)cc2)c1. The van der Waals surface area contributed by atoms with E-state index in [2.05, 4.69) is 0 Å². The first-order chi connectivity index (χ1) is 9.90. The lowest BCUT2D eigenvalue weighted by atomic mass is 10.0. The number of aromatic carboxylic acids is 1. The number of phenols is 1. The second-order valence-corrected chi connectivity index (χ2v) is 4.81. The van der Waals surface area contributed by atoms with E-state index in [9.17, 15) is 14.7 Å². The average Bonchev–Trinajstić information content (AvgIpc) is 2.47. The van der Waals surface area contributed by atoms with Crippen molar-refractivity contribution in [2.45, 2.75) is 0 Å². The normalized spacial score (nSPS) is 10.2. The smallest absolute Gasteiger partial charge is 0.335 e. The second kappa shape index (κ2) is 5.66. The molecule has 2 aromatic carbocycles. The lowest BCUT2D eigenvalue weighted by molar-refractivity contribution is 0.0696. The molecule has 108 valence electrons. The summed E-state index contributed by atoms with van der Waals surface area (Å²) in [5.41, 5.74) is 1.41. The molecular formula is C16H15NO4. The number of aromatic hydroxyl groups is 1. The third kappa shape index (κ3) is 3.02. The predicted octanol–water partition coefficient (Wildman–Crippen LogP) is 2.39. The zero-order valence-corrected chi connectivity index (χ0v) is 11.7. The topological polar surface area (TPSA) is 77.8 Å². The van der Waals surface area contributed by atoms with Crippen LogP contribution >= 0.6 is 0 Å². The number of carboxylic acid groups (broad SMARTS) is 1. The van der Waals surface area contributed by atoms with Gasteiger partial charge in [0.1, 0.15) is 5.75 Å². The molecule has 21 heavy (non-hydrogen) atoms. The molecule has 0 radical (unpaired) electrons. The Kier molecular flexibility index (Phi) is 3.93. The minimum Gasteiger partial charge on any atom is -0.507 e. The van der Waals surface area contributed by atoms with Gasteiger partial charge < -0.3 is 15.1 Å². The lowest BCUT2D eigenvalue weighted by Crippen LogP contribution is -2.10. The maximum Gasteiger partial charge on any atom is 0.335 e. The van der Waals surface area contributed by atoms with E-state index in [0.717, 1.165) is 5.69 Å². The van der Waals surface area contributed by atoms with Crippen LogP contribution in [0.3, 0.4) is 0 Å². The van der Waals surface area contributed by atoms with Crippen LogP contribution in [0, 0.1) is 0 Å². The summed E-state index contributed by atoms with van der Waals surface area (Å²) in [6.45, 7) is 0. The van der Waals surface area contributed by atoms with Gasteiger partial charge in [0.15, 0.2) is 5.78 Å². The first kappa shape index (κ1) is 14.6. The van der Waals surface area contributed by atoms with Crippen molar-refractivity contribution in [1.29, 1.82) is 0 Å². The van der Waals surface area contributed by atoms with E-state index in [-0.39, 0.29) is 22.7 Å². The fourth-order valence-electron chi connectivity index (χ4n) is 1.90. The maximum absolute atomic E-state index is 12.4. The Labute approximate surface area is 122 Å². The standard InChI is InChI=1S/C16H15NO4/c1-17(2)12-7-8-14(18)13(9-12)15(19)10-3-5-11(6-4-10)16(20)21/h3-9,18H,1-2H3,(H,20,21). The van der Waals surface area contributed by atoms with E-state index in [1.807, 2.05) is 19.0 Å². The molecule has 0 aliphatic rings. The number of anilines is 1. The summed E-state index contributed by atoms with van der Waals surface area (Å²) in [7, 11) is 3.67. The summed E-state index contributed by atoms with van der Waals surface area (Å²) >= 11 is 0. The van der Waals surface area contributed by atoms with Gasteiger partial charge in [-0.2, -0.15) is 0 Å². The van der Waals surface area contributed by atoms with Crippen molar-refractivity contribution in [3.8, 4) is 5.75 Å². The Balaban J connectivity index is 2.39. The van der Waals surface area contributed by atoms with Crippen molar-refractivity contribution in [3.05, 3.63) is 59.2 Å². The van der Waals surface area contributed by atoms with Crippen molar-refractivity contribution in [2.75, 3.05) is 19.0 Å². The molecule has 0 bridgehead atoms. The number of carbonyl (C=O) groups excluding carboxylic acids is 1. The number of hydrogen-bond donors (Lipinski definition) is 2. The molecule has 0 aliphatic heterocycles. The summed E-state index contributed by atoms with van der Waals surface area (Å²) in [5, 5.41) is 18.7. The summed E-state index contributed by atoms with van der Waals surface area (Å²) < 4.78 is 0. The number of ketones is 1. The minimum atomic E-state index is -1.05. The molecule has 2 rings (SSSR count). The molecule has 2 aromatic rings. The van der Waals surface area contributed by atoms with Crippen LogP contribution in [0.15, 0.2) is 42.5 Å². The molecular weight excluding hydrogens is 270 g/mol. The van der Waals surface area contributed by atoms with Crippen LogP contribution in [0.4, 0.5) is 5.69 Å². The van der Waals surface area contributed by atoms with Crippen molar-refractivity contribution < 1.29 is 19.8 Å². The molecule has 0 fully saturated rings. The molecule has 0 saturated carbocycles. The highest BCUT2D eigenvalue weighted by molar-refractivity contribution is 6.11. The van der Waals surface area contributed by atoms with Gasteiger partial charge in [0, 0.05) is 25.3 Å². The summed E-state index contributed by atoms with van der Waals surface area (Å²) in [6.07, 6.45) is 0. The summed E-state index contributed by atoms with van der Waals surface area (Å²) in [4.78, 5) is 25.0. The number of nitrogens with zero attached hydrogens (tertiary/aromatic N) is 1. The van der Waals surface area contributed by atoms with Gasteiger partial charge in [-0.05, 0) is 30.3 Å². The van der Waals surface area contributed by atoms with Crippen LogP contribution in [-0.2, 0) is 0 Å². The minimum absolute atomic E-state index is 0.104. The van der Waals surface area contributed by atoms with Gasteiger partial charge in [-0.25, -0.2) is 4.79 Å². The van der Waals surface area contributed by atoms with Gasteiger partial charge in [0.25, 0.3) is 0 Å². The van der Waals surface area contributed by atoms with Crippen molar-refractivity contribution >= 4 is 17.4 Å². The van der Waals surface area contributed by atoms with E-state index >= 15 is 0 Å². The van der Waals surface area contributed by atoms with Gasteiger partial charge in [-0.3, -0.25) is 4.79 Å². The second-order valence-electron chi connectivity index (χ2n) is 4.81. The van der Waals surface area contributed by atoms with Crippen molar-refractivity contribution in [1.82, 2.24) is 0 Å². The number of benzene rings is 2. The van der Waals surface area contributed by atoms with Gasteiger partial charge in [-0.15, -0.1) is 0 Å². The third-order valence-electron chi connectivity index (χ3n) is 3.14. The average molecular weight is 285 g/mol. The monoisotopic (exact) mass is 285 g/mol. The first-order valence-electron chi connectivity index (χ1n) is 6.28. The van der Waals surface area contributed by atoms with Gasteiger partial charge in [0.05, 0.1) is 11.1 Å². The van der Waals surface area contributed by atoms with Crippen LogP contribution in [0.5, 0.6) is 5.75 Å². The molecule has 0 unspecified atom stereocenters. The Morgan fingerprint density at radius 2 is 1.52 bits per heavy atom. The molecule has 0 saturated heterocycles. The molecule has 2 N–H and O–H groups in total. The van der Waals surface area contributed by atoms with Crippen molar-refractivity contribution in [2.24, 2.45) is 0 Å². The fraction of sp³-hybridized carbons (Fsp3) is 0.125. The zero-order valence-electron chi connectivity index (χ0n) is 11.7. The first-order valence-corrected chi connectivity index (χ1v) is 6.28. The molecule has 0 aromatic heterocycles. The zero-order chi connectivity index (χ0) is 15.6. The van der Waals surface area contributed by atoms with Crippen LogP contribution in [0.1, 0.15) is 26.3 Å². The van der Waals surface area contributed by atoms with Crippen LogP contribution in [0.2, 0.25) is 0 Å². The van der Waals surface area contributed by atoms with Gasteiger partial charge in [0.2, 0.25) is 0 Å². The predicted molar refractivity (Wildman–Crippen MR) is 79.3 cm³/mol. The summed E-state index contributed by atoms with van der Waals surface area (Å²) in [5.74, 6) is -1.51. The highest BCUT2D eigenvalue weighted by Crippen LogP contribution is 2.25. The number of phenolic OH excluding ortho intramolecular Hbond substituents is 1. The van der Waals surface area contributed by atoms with E-state index in [0.29, 0.717) is 5.56 Å². The molecule has 5 nitrogen and oxygen atoms in total. The summed E-state index contributed by atoms with van der Waals surface area (Å²) in [6, 6.07) is 10.4. The molecule has 5 heteroatoms. The molecule has 0 amide bonds. The van der Waals surface area contributed by atoms with Gasteiger partial charge in [-0.1, -0.05) is 12.1 Å². The largest absolute Gasteiger partial charge is 0.507 e. The lowest BCUT2D eigenvalue weighted by Gasteiger charge is -2.14. The van der Waals surface area contributed by atoms with E-state index in [4.69, 9.17) is 5.11 Å². The number of carboxylic acids is 1. The Morgan fingerprint density at radius 3 is 2.05 bits per heavy atom. The Bertz CT molecular complexity index is 690. The Morgan fingerprint density at radius 1 is 0.952 bits per heavy atom. The van der Waals surface area contributed by atoms with E-state index < -0.39 is 5.97 Å². The number of hydrogen-bond acceptors (Lipinski definition) is 4. The number of rotatable bonds is 4.